The molecule has 0 saturated heterocycles. The summed E-state index contributed by atoms with van der Waals surface area (Å²) in [7, 11) is 3.61. The third-order valence-electron chi connectivity index (χ3n) is 5.36. The summed E-state index contributed by atoms with van der Waals surface area (Å²) >= 11 is 0. The Labute approximate surface area is 184 Å². The third kappa shape index (κ3) is 5.36. The number of aromatic nitrogens is 3. The van der Waals surface area contributed by atoms with Crippen molar-refractivity contribution in [2.75, 3.05) is 20.2 Å². The van der Waals surface area contributed by atoms with Crippen molar-refractivity contribution in [3.05, 3.63) is 42.0 Å². The molecule has 2 N–H and O–H groups in total. The molecule has 1 aromatic carbocycles. The second-order valence-electron chi connectivity index (χ2n) is 7.07. The van der Waals surface area contributed by atoms with Crippen molar-refractivity contribution >= 4 is 29.9 Å². The Hall–Kier alpha value is -1.84. The zero-order chi connectivity index (χ0) is 19.1. The van der Waals surface area contributed by atoms with E-state index < -0.39 is 0 Å². The maximum absolute atomic E-state index is 5.44. The number of nitrogens with one attached hydrogen (secondary N) is 2. The lowest BCUT2D eigenvalue weighted by Gasteiger charge is -2.31. The van der Waals surface area contributed by atoms with Gasteiger partial charge < -0.3 is 15.4 Å². The number of hydrogen-bond donors (Lipinski definition) is 2. The van der Waals surface area contributed by atoms with Crippen LogP contribution in [0.5, 0.6) is 5.75 Å². The van der Waals surface area contributed by atoms with Crippen LogP contribution in [0, 0.1) is 0 Å². The number of halogens is 1. The van der Waals surface area contributed by atoms with Crippen molar-refractivity contribution in [2.24, 2.45) is 12.0 Å². The molecule has 1 aliphatic rings. The summed E-state index contributed by atoms with van der Waals surface area (Å²) < 4.78 is 7.19. The Morgan fingerprint density at radius 2 is 2.07 bits per heavy atom. The Bertz CT molecular complexity index is 770. The van der Waals surface area contributed by atoms with E-state index in [0.717, 1.165) is 30.6 Å². The smallest absolute Gasteiger partial charge is 0.191 e. The number of rotatable bonds is 7. The summed E-state index contributed by atoms with van der Waals surface area (Å²) in [4.78, 5) is 8.92. The number of benzene rings is 1. The van der Waals surface area contributed by atoms with Crippen LogP contribution in [0.15, 0.2) is 35.6 Å². The fourth-order valence-corrected chi connectivity index (χ4v) is 3.78. The van der Waals surface area contributed by atoms with Crippen LogP contribution in [0.4, 0.5) is 0 Å². The second kappa shape index (κ2) is 10.6. The number of guanidine groups is 1. The molecule has 1 heterocycles. The highest BCUT2D eigenvalue weighted by molar-refractivity contribution is 14.0. The molecule has 0 spiro atoms. The first-order valence-electron chi connectivity index (χ1n) is 9.66. The van der Waals surface area contributed by atoms with Crippen molar-refractivity contribution in [1.29, 1.82) is 0 Å². The molecule has 1 aliphatic carbocycles. The van der Waals surface area contributed by atoms with Crippen LogP contribution >= 0.6 is 24.0 Å². The molecule has 28 heavy (non-hydrogen) atoms. The summed E-state index contributed by atoms with van der Waals surface area (Å²) in [6, 6.07) is 8.49. The standard InChI is InChI=1S/C20H30N6O.HI/c1-4-21-19(22-13-18-24-15-25-26(18)2)23-14-20(10-5-6-11-20)16-8-7-9-17(12-16)27-3;/h7-9,12,15H,4-6,10-11,13-14H2,1-3H3,(H2,21,22,23);1H. The predicted octanol–water partition coefficient (Wildman–Crippen LogP) is 3.01. The SMILES string of the molecule is CCNC(=NCc1ncnn1C)NCC1(c2cccc(OC)c2)CCCC1.I. The van der Waals surface area contributed by atoms with Gasteiger partial charge in [0.2, 0.25) is 0 Å². The molecule has 8 heteroatoms. The van der Waals surface area contributed by atoms with Crippen LogP contribution in [-0.4, -0.2) is 40.9 Å². The average Bonchev–Trinajstić information content (AvgIpc) is 3.34. The molecule has 3 rings (SSSR count). The van der Waals surface area contributed by atoms with Gasteiger partial charge >= 0.3 is 0 Å². The molecule has 2 aromatic rings. The van der Waals surface area contributed by atoms with Crippen molar-refractivity contribution in [2.45, 2.75) is 44.6 Å². The van der Waals surface area contributed by atoms with Gasteiger partial charge in [-0.15, -0.1) is 24.0 Å². The highest BCUT2D eigenvalue weighted by Crippen LogP contribution is 2.41. The molecule has 1 aromatic heterocycles. The highest BCUT2D eigenvalue weighted by atomic mass is 127. The lowest BCUT2D eigenvalue weighted by Crippen LogP contribution is -2.44. The summed E-state index contributed by atoms with van der Waals surface area (Å²) in [5.41, 5.74) is 1.46. The van der Waals surface area contributed by atoms with Gasteiger partial charge in [0.1, 0.15) is 24.4 Å². The minimum Gasteiger partial charge on any atom is -0.497 e. The number of hydrogen-bond acceptors (Lipinski definition) is 4. The van der Waals surface area contributed by atoms with Crippen LogP contribution in [-0.2, 0) is 19.0 Å². The van der Waals surface area contributed by atoms with Gasteiger partial charge in [-0.25, -0.2) is 9.98 Å². The molecule has 0 aliphatic heterocycles. The van der Waals surface area contributed by atoms with Crippen LogP contribution in [0.1, 0.15) is 44.0 Å². The van der Waals surface area contributed by atoms with E-state index in [1.807, 2.05) is 13.1 Å². The molecule has 7 nitrogen and oxygen atoms in total. The lowest BCUT2D eigenvalue weighted by atomic mass is 9.78. The maximum Gasteiger partial charge on any atom is 0.191 e. The number of nitrogens with zero attached hydrogens (tertiary/aromatic N) is 4. The normalized spacial score (nSPS) is 15.8. The highest BCUT2D eigenvalue weighted by Gasteiger charge is 2.36. The molecular formula is C20H31IN6O. The van der Waals surface area contributed by atoms with Crippen molar-refractivity contribution in [1.82, 2.24) is 25.4 Å². The third-order valence-corrected chi connectivity index (χ3v) is 5.36. The summed E-state index contributed by atoms with van der Waals surface area (Å²) in [6.07, 6.45) is 6.42. The Morgan fingerprint density at radius 1 is 1.29 bits per heavy atom. The van der Waals surface area contributed by atoms with Gasteiger partial charge in [-0.1, -0.05) is 25.0 Å². The Balaban J connectivity index is 0.00000280. The summed E-state index contributed by atoms with van der Waals surface area (Å²) in [5, 5.41) is 11.0. The minimum atomic E-state index is 0. The van der Waals surface area contributed by atoms with Gasteiger partial charge in [0.05, 0.1) is 7.11 Å². The van der Waals surface area contributed by atoms with Gasteiger partial charge in [-0.2, -0.15) is 5.10 Å². The van der Waals surface area contributed by atoms with Gasteiger partial charge in [-0.3, -0.25) is 4.68 Å². The van der Waals surface area contributed by atoms with Gasteiger partial charge in [-0.05, 0) is 37.5 Å². The topological polar surface area (TPSA) is 76.4 Å². The zero-order valence-electron chi connectivity index (χ0n) is 16.9. The molecule has 0 amide bonds. The quantitative estimate of drug-likeness (QED) is 0.349. The lowest BCUT2D eigenvalue weighted by molar-refractivity contribution is 0.404. The number of aryl methyl sites for hydroxylation is 1. The van der Waals surface area contributed by atoms with Crippen LogP contribution in [0.25, 0.3) is 0 Å². The maximum atomic E-state index is 5.44. The monoisotopic (exact) mass is 498 g/mol. The van der Waals surface area contributed by atoms with E-state index in [0.29, 0.717) is 6.54 Å². The predicted molar refractivity (Wildman–Crippen MR) is 122 cm³/mol. The second-order valence-corrected chi connectivity index (χ2v) is 7.07. The first-order chi connectivity index (χ1) is 13.2. The van der Waals surface area contributed by atoms with E-state index in [1.54, 1.807) is 18.1 Å². The fourth-order valence-electron chi connectivity index (χ4n) is 3.78. The molecule has 0 radical (unpaired) electrons. The molecule has 1 saturated carbocycles. The molecule has 0 atom stereocenters. The van der Waals surface area contributed by atoms with Crippen molar-refractivity contribution < 1.29 is 4.74 Å². The fraction of sp³-hybridized carbons (Fsp3) is 0.550. The van der Waals surface area contributed by atoms with E-state index in [9.17, 15) is 0 Å². The van der Waals surface area contributed by atoms with E-state index in [1.165, 1.54) is 31.2 Å². The molecule has 154 valence electrons. The zero-order valence-corrected chi connectivity index (χ0v) is 19.3. The van der Waals surface area contributed by atoms with Gasteiger partial charge in [0.25, 0.3) is 0 Å². The largest absolute Gasteiger partial charge is 0.497 e. The average molecular weight is 498 g/mol. The van der Waals surface area contributed by atoms with Crippen LogP contribution in [0.2, 0.25) is 0 Å². The molecule has 0 bridgehead atoms. The number of ether oxygens (including phenoxy) is 1. The van der Waals surface area contributed by atoms with Crippen molar-refractivity contribution in [3.63, 3.8) is 0 Å². The Morgan fingerprint density at radius 3 is 2.71 bits per heavy atom. The number of methoxy groups -OCH3 is 1. The van der Waals surface area contributed by atoms with Crippen LogP contribution < -0.4 is 15.4 Å². The number of aliphatic imine (C=N–C) groups is 1. The van der Waals surface area contributed by atoms with E-state index >= 15 is 0 Å². The molecular weight excluding hydrogens is 467 g/mol. The summed E-state index contributed by atoms with van der Waals surface area (Å²) in [6.45, 7) is 4.24. The Kier molecular flexibility index (Phi) is 8.53. The van der Waals surface area contributed by atoms with Gasteiger partial charge in [0.15, 0.2) is 5.96 Å². The molecule has 0 unspecified atom stereocenters. The van der Waals surface area contributed by atoms with Gasteiger partial charge in [0, 0.05) is 25.6 Å². The van der Waals surface area contributed by atoms with Crippen LogP contribution in [0.3, 0.4) is 0 Å². The first-order valence-corrected chi connectivity index (χ1v) is 9.66. The van der Waals surface area contributed by atoms with E-state index in [2.05, 4.69) is 50.8 Å². The minimum absolute atomic E-state index is 0. The molecule has 1 fully saturated rings. The van der Waals surface area contributed by atoms with E-state index in [-0.39, 0.29) is 29.4 Å². The van der Waals surface area contributed by atoms with Crippen molar-refractivity contribution in [3.8, 4) is 5.75 Å². The summed E-state index contributed by atoms with van der Waals surface area (Å²) in [5.74, 6) is 2.58. The first kappa shape index (κ1) is 22.4. The van der Waals surface area contributed by atoms with E-state index in [4.69, 9.17) is 4.74 Å².